The first-order chi connectivity index (χ1) is 14.3. The van der Waals surface area contributed by atoms with Crippen LogP contribution in [0.15, 0.2) is 23.2 Å². The quantitative estimate of drug-likeness (QED) is 0.657. The van der Waals surface area contributed by atoms with E-state index in [-0.39, 0.29) is 16.0 Å². The smallest absolute Gasteiger partial charge is 0.379 e. The average Bonchev–Trinajstić information content (AvgIpc) is 3.06. The molecule has 0 saturated carbocycles. The van der Waals surface area contributed by atoms with E-state index in [2.05, 4.69) is 10.1 Å². The minimum atomic E-state index is -4.66. The highest BCUT2D eigenvalue weighted by atomic mass is 32.1. The third-order valence-electron chi connectivity index (χ3n) is 4.02. The fraction of sp³-hybridized carbons (Fsp3) is 0.500. The van der Waals surface area contributed by atoms with Crippen molar-refractivity contribution >= 4 is 23.2 Å². The molecule has 7 nitrogen and oxygen atoms in total. The zero-order chi connectivity index (χ0) is 23.4. The predicted molar refractivity (Wildman–Crippen MR) is 109 cm³/mol. The van der Waals surface area contributed by atoms with Gasteiger partial charge in [-0.25, -0.2) is 4.68 Å². The van der Waals surface area contributed by atoms with Crippen LogP contribution >= 0.6 is 11.3 Å². The molecule has 0 radical (unpaired) electrons. The van der Waals surface area contributed by atoms with E-state index in [4.69, 9.17) is 4.84 Å². The molecule has 1 aromatic carbocycles. The number of amides is 2. The lowest BCUT2D eigenvalue weighted by molar-refractivity contribution is -0.137. The van der Waals surface area contributed by atoms with Gasteiger partial charge in [0.05, 0.1) is 11.1 Å². The van der Waals surface area contributed by atoms with Crippen LogP contribution in [0.3, 0.4) is 0 Å². The molecule has 1 aromatic heterocycles. The van der Waals surface area contributed by atoms with Crippen molar-refractivity contribution in [3.63, 3.8) is 0 Å². The van der Waals surface area contributed by atoms with E-state index < -0.39 is 29.1 Å². The van der Waals surface area contributed by atoms with Crippen molar-refractivity contribution in [1.82, 2.24) is 15.3 Å². The van der Waals surface area contributed by atoms with Crippen LogP contribution in [0.25, 0.3) is 0 Å². The van der Waals surface area contributed by atoms with E-state index in [9.17, 15) is 22.8 Å². The van der Waals surface area contributed by atoms with Gasteiger partial charge >= 0.3 is 6.18 Å². The van der Waals surface area contributed by atoms with Crippen LogP contribution < -0.4 is 15.1 Å². The van der Waals surface area contributed by atoms with E-state index >= 15 is 0 Å². The number of unbranched alkanes of at least 4 members (excludes halogenated alkanes) is 1. The van der Waals surface area contributed by atoms with Gasteiger partial charge < -0.3 is 4.84 Å². The summed E-state index contributed by atoms with van der Waals surface area (Å²) >= 11 is 1.21. The minimum Gasteiger partial charge on any atom is -0.379 e. The van der Waals surface area contributed by atoms with Crippen LogP contribution in [0, 0.1) is 0 Å². The summed E-state index contributed by atoms with van der Waals surface area (Å²) in [6, 6.07) is 2.39. The number of nitrogens with zero attached hydrogens (tertiary/aromatic N) is 3. The Kier molecular flexibility index (Phi) is 7.63. The molecule has 2 rings (SSSR count). The molecule has 2 amide bonds. The van der Waals surface area contributed by atoms with Gasteiger partial charge in [-0.3, -0.25) is 9.59 Å². The molecule has 0 fully saturated rings. The van der Waals surface area contributed by atoms with E-state index in [1.54, 1.807) is 4.68 Å². The molecule has 1 N–H and O–H groups in total. The first-order valence-corrected chi connectivity index (χ1v) is 10.5. The summed E-state index contributed by atoms with van der Waals surface area (Å²) in [5, 5.41) is 5.27. The molecule has 0 aliphatic carbocycles. The van der Waals surface area contributed by atoms with Crippen LogP contribution in [0.2, 0.25) is 0 Å². The topological polar surface area (TPSA) is 85.6 Å². The van der Waals surface area contributed by atoms with Crippen LogP contribution in [0.4, 0.5) is 13.2 Å². The van der Waals surface area contributed by atoms with Crippen molar-refractivity contribution in [2.24, 2.45) is 4.99 Å². The number of hydrogen-bond donors (Lipinski definition) is 1. The van der Waals surface area contributed by atoms with Gasteiger partial charge in [-0.05, 0) is 24.6 Å². The number of nitrogens with one attached hydrogen (secondary N) is 1. The Bertz CT molecular complexity index is 1020. The predicted octanol–water partition coefficient (Wildman–Crippen LogP) is 4.23. The summed E-state index contributed by atoms with van der Waals surface area (Å²) < 4.78 is 41.1. The van der Waals surface area contributed by atoms with E-state index in [0.717, 1.165) is 36.9 Å². The summed E-state index contributed by atoms with van der Waals surface area (Å²) in [5.41, 5.74) is 0.279. The molecular formula is C20H25F3N4O3S. The maximum atomic E-state index is 13.2. The van der Waals surface area contributed by atoms with Crippen molar-refractivity contribution < 1.29 is 27.6 Å². The number of rotatable bonds is 6. The molecule has 170 valence electrons. The van der Waals surface area contributed by atoms with Crippen molar-refractivity contribution in [2.75, 3.05) is 0 Å². The monoisotopic (exact) mass is 458 g/mol. The molecule has 0 atom stereocenters. The highest BCUT2D eigenvalue weighted by Gasteiger charge is 2.32. The minimum absolute atomic E-state index is 0.238. The van der Waals surface area contributed by atoms with E-state index in [1.807, 2.05) is 33.2 Å². The molecule has 0 spiro atoms. The number of hydroxylamine groups is 1. The number of carbonyl (C=O) groups excluding carboxylic acids is 2. The molecule has 2 aromatic rings. The van der Waals surface area contributed by atoms with Crippen LogP contribution in [0.5, 0.6) is 5.75 Å². The molecule has 0 bridgehead atoms. The fourth-order valence-electron chi connectivity index (χ4n) is 2.39. The third kappa shape index (κ3) is 6.65. The van der Waals surface area contributed by atoms with Gasteiger partial charge in [-0.15, -0.1) is 0 Å². The number of alkyl halides is 3. The van der Waals surface area contributed by atoms with Gasteiger partial charge in [-0.2, -0.15) is 28.7 Å². The first-order valence-electron chi connectivity index (χ1n) is 9.65. The summed E-state index contributed by atoms with van der Waals surface area (Å²) in [5.74, 6) is -1.75. The fourth-order valence-corrected chi connectivity index (χ4v) is 3.37. The Balaban J connectivity index is 2.57. The second-order valence-electron chi connectivity index (χ2n) is 7.90. The van der Waals surface area contributed by atoms with Gasteiger partial charge in [0.1, 0.15) is 5.01 Å². The molecule has 31 heavy (non-hydrogen) atoms. The maximum absolute atomic E-state index is 13.2. The third-order valence-corrected chi connectivity index (χ3v) is 5.40. The number of aryl methyl sites for hydroxylation is 1. The molecule has 0 unspecified atom stereocenters. The Morgan fingerprint density at radius 3 is 2.48 bits per heavy atom. The standard InChI is InChI=1S/C20H25F3N4O3S/c1-6-7-10-27-18(31-17(25-27)19(3,4)5)24-16(29)14-11-13(20(21,22)23)8-9-15(14)30-26-12(2)28/h8-9,11H,6-7,10H2,1-5H3,(H,26,28)/b24-18-. The Morgan fingerprint density at radius 2 is 1.94 bits per heavy atom. The highest BCUT2D eigenvalue weighted by Crippen LogP contribution is 2.33. The summed E-state index contributed by atoms with van der Waals surface area (Å²) in [6.45, 7) is 9.59. The molecule has 11 heteroatoms. The van der Waals surface area contributed by atoms with Crippen molar-refractivity contribution in [3.8, 4) is 5.75 Å². The molecule has 1 heterocycles. The first kappa shape index (κ1) is 24.6. The molecule has 0 aliphatic heterocycles. The zero-order valence-corrected chi connectivity index (χ0v) is 18.8. The zero-order valence-electron chi connectivity index (χ0n) is 18.0. The number of aromatic nitrogens is 2. The highest BCUT2D eigenvalue weighted by molar-refractivity contribution is 7.09. The average molecular weight is 459 g/mol. The largest absolute Gasteiger partial charge is 0.416 e. The van der Waals surface area contributed by atoms with Crippen LogP contribution in [-0.2, 0) is 22.9 Å². The number of benzene rings is 1. The number of hydrogen-bond acceptors (Lipinski definition) is 5. The Morgan fingerprint density at radius 1 is 1.26 bits per heavy atom. The van der Waals surface area contributed by atoms with Gasteiger partial charge in [0.25, 0.3) is 5.91 Å². The normalized spacial score (nSPS) is 12.7. The molecule has 0 saturated heterocycles. The van der Waals surface area contributed by atoms with Crippen molar-refractivity contribution in [3.05, 3.63) is 39.1 Å². The maximum Gasteiger partial charge on any atom is 0.416 e. The van der Waals surface area contributed by atoms with Gasteiger partial charge in [0.15, 0.2) is 5.75 Å². The van der Waals surface area contributed by atoms with E-state index in [0.29, 0.717) is 12.6 Å². The van der Waals surface area contributed by atoms with Crippen LogP contribution in [-0.4, -0.2) is 21.6 Å². The SMILES string of the molecule is CCCCn1nc(C(C)(C)C)s/c1=N\C(=O)c1cc(C(F)(F)F)ccc1ONC(C)=O. The second kappa shape index (κ2) is 9.63. The number of halogens is 3. The van der Waals surface area contributed by atoms with Crippen molar-refractivity contribution in [1.29, 1.82) is 0 Å². The number of carbonyl (C=O) groups is 2. The lowest BCUT2D eigenvalue weighted by Crippen LogP contribution is -2.25. The van der Waals surface area contributed by atoms with E-state index in [1.165, 1.54) is 11.3 Å². The van der Waals surface area contributed by atoms with Gasteiger partial charge in [0, 0.05) is 18.9 Å². The molecular weight excluding hydrogens is 433 g/mol. The molecule has 0 aliphatic rings. The van der Waals surface area contributed by atoms with Gasteiger partial charge in [-0.1, -0.05) is 45.5 Å². The Hall–Kier alpha value is -2.69. The lowest BCUT2D eigenvalue weighted by Gasteiger charge is -2.12. The van der Waals surface area contributed by atoms with Gasteiger partial charge in [0.2, 0.25) is 10.7 Å². The summed E-state index contributed by atoms with van der Waals surface area (Å²) in [7, 11) is 0. The lowest BCUT2D eigenvalue weighted by atomic mass is 9.98. The van der Waals surface area contributed by atoms with Crippen LogP contribution in [0.1, 0.15) is 68.4 Å². The Labute approximate surface area is 181 Å². The summed E-state index contributed by atoms with van der Waals surface area (Å²) in [6.07, 6.45) is -2.97. The van der Waals surface area contributed by atoms with Crippen molar-refractivity contribution in [2.45, 2.75) is 65.6 Å². The summed E-state index contributed by atoms with van der Waals surface area (Å²) in [4.78, 5) is 33.3. The second-order valence-corrected chi connectivity index (χ2v) is 8.86.